The van der Waals surface area contributed by atoms with Gasteiger partial charge in [-0.15, -0.1) is 0 Å². The number of aromatic carboxylic acids is 1. The fourth-order valence-corrected chi connectivity index (χ4v) is 1.52. The number of nitro benzene ring substituents is 1. The summed E-state index contributed by atoms with van der Waals surface area (Å²) in [5, 5.41) is 22.4. The molecular formula is C7H3BrN4O4. The minimum Gasteiger partial charge on any atom is -0.478 e. The molecule has 8 nitrogen and oxygen atoms in total. The summed E-state index contributed by atoms with van der Waals surface area (Å²) in [5.41, 5.74) is 7.14. The van der Waals surface area contributed by atoms with Crippen LogP contribution in [-0.2, 0) is 0 Å². The van der Waals surface area contributed by atoms with E-state index in [9.17, 15) is 14.9 Å². The van der Waals surface area contributed by atoms with E-state index in [0.29, 0.717) is 0 Å². The summed E-state index contributed by atoms with van der Waals surface area (Å²) < 4.78 is 0.0527. The molecule has 9 heteroatoms. The van der Waals surface area contributed by atoms with Crippen molar-refractivity contribution in [2.45, 2.75) is 0 Å². The third kappa shape index (κ3) is 2.27. The quantitative estimate of drug-likeness (QED) is 0.301. The van der Waals surface area contributed by atoms with Crippen molar-refractivity contribution in [2.24, 2.45) is 5.11 Å². The van der Waals surface area contributed by atoms with Crippen LogP contribution in [0.25, 0.3) is 10.4 Å². The Bertz CT molecular complexity index is 523. The lowest BCUT2D eigenvalue weighted by molar-refractivity contribution is -0.384. The second-order valence-corrected chi connectivity index (χ2v) is 3.43. The van der Waals surface area contributed by atoms with Gasteiger partial charge in [0.15, 0.2) is 0 Å². The van der Waals surface area contributed by atoms with Crippen LogP contribution < -0.4 is 0 Å². The molecule has 0 aliphatic rings. The number of nitro groups is 1. The van der Waals surface area contributed by atoms with Crippen molar-refractivity contribution in [1.82, 2.24) is 0 Å². The summed E-state index contributed by atoms with van der Waals surface area (Å²) in [7, 11) is 0. The highest BCUT2D eigenvalue weighted by Crippen LogP contribution is 2.36. The molecule has 0 spiro atoms. The van der Waals surface area contributed by atoms with E-state index in [2.05, 4.69) is 26.0 Å². The topological polar surface area (TPSA) is 129 Å². The summed E-state index contributed by atoms with van der Waals surface area (Å²) in [6.45, 7) is 0. The van der Waals surface area contributed by atoms with Crippen LogP contribution in [0.2, 0.25) is 0 Å². The van der Waals surface area contributed by atoms with E-state index in [-0.39, 0.29) is 15.7 Å². The number of hydrogen-bond donors (Lipinski definition) is 1. The maximum Gasteiger partial charge on any atom is 0.335 e. The van der Waals surface area contributed by atoms with Crippen molar-refractivity contribution in [3.8, 4) is 0 Å². The molecule has 16 heavy (non-hydrogen) atoms. The van der Waals surface area contributed by atoms with E-state index in [4.69, 9.17) is 10.6 Å². The molecule has 1 N–H and O–H groups in total. The van der Waals surface area contributed by atoms with E-state index in [1.54, 1.807) is 0 Å². The standard InChI is InChI=1S/C7H3BrN4O4/c8-4-1-3(7(13)14)2-5(12(15)16)6(4)10-11-9/h1-2H,(H,13,14). The molecule has 0 bridgehead atoms. The maximum absolute atomic E-state index is 10.7. The Balaban J connectivity index is 3.57. The summed E-state index contributed by atoms with van der Waals surface area (Å²) in [4.78, 5) is 22.9. The molecule has 82 valence electrons. The van der Waals surface area contributed by atoms with Crippen molar-refractivity contribution in [1.29, 1.82) is 0 Å². The largest absolute Gasteiger partial charge is 0.478 e. The van der Waals surface area contributed by atoms with Gasteiger partial charge in [0.2, 0.25) is 0 Å². The van der Waals surface area contributed by atoms with Crippen LogP contribution in [0, 0.1) is 10.1 Å². The second-order valence-electron chi connectivity index (χ2n) is 2.58. The third-order valence-electron chi connectivity index (χ3n) is 1.63. The Morgan fingerprint density at radius 1 is 1.62 bits per heavy atom. The summed E-state index contributed by atoms with van der Waals surface area (Å²) in [6, 6.07) is 1.95. The fourth-order valence-electron chi connectivity index (χ4n) is 0.991. The Morgan fingerprint density at radius 2 is 2.25 bits per heavy atom. The van der Waals surface area contributed by atoms with Crippen LogP contribution in [0.4, 0.5) is 11.4 Å². The molecule has 0 heterocycles. The van der Waals surface area contributed by atoms with Gasteiger partial charge in [-0.2, -0.15) is 0 Å². The molecule has 0 unspecified atom stereocenters. The molecule has 0 amide bonds. The second kappa shape index (κ2) is 4.60. The van der Waals surface area contributed by atoms with Gasteiger partial charge in [0.05, 0.1) is 10.5 Å². The van der Waals surface area contributed by atoms with E-state index in [1.165, 1.54) is 0 Å². The number of azide groups is 1. The molecule has 0 fully saturated rings. The number of carboxylic acid groups (broad SMARTS) is 1. The molecule has 0 saturated carbocycles. The van der Waals surface area contributed by atoms with Gasteiger partial charge in [0.25, 0.3) is 5.69 Å². The monoisotopic (exact) mass is 286 g/mol. The lowest BCUT2D eigenvalue weighted by Gasteiger charge is -2.01. The molecule has 0 radical (unpaired) electrons. The number of benzene rings is 1. The summed E-state index contributed by atoms with van der Waals surface area (Å²) in [6.07, 6.45) is 0. The fraction of sp³-hybridized carbons (Fsp3) is 0. The van der Waals surface area contributed by atoms with Crippen molar-refractivity contribution in [3.05, 3.63) is 42.7 Å². The number of carbonyl (C=O) groups is 1. The Hall–Kier alpha value is -2.12. The average Bonchev–Trinajstić information content (AvgIpc) is 2.20. The first-order valence-electron chi connectivity index (χ1n) is 3.73. The number of rotatable bonds is 3. The van der Waals surface area contributed by atoms with Crippen LogP contribution >= 0.6 is 15.9 Å². The molecule has 0 aromatic heterocycles. The van der Waals surface area contributed by atoms with Crippen molar-refractivity contribution in [3.63, 3.8) is 0 Å². The van der Waals surface area contributed by atoms with Crippen molar-refractivity contribution < 1.29 is 14.8 Å². The minimum absolute atomic E-state index is 0.0527. The lowest BCUT2D eigenvalue weighted by Crippen LogP contribution is -1.98. The van der Waals surface area contributed by atoms with Crippen molar-refractivity contribution >= 4 is 33.3 Å². The van der Waals surface area contributed by atoms with Crippen LogP contribution in [0.5, 0.6) is 0 Å². The van der Waals surface area contributed by atoms with Crippen LogP contribution in [0.15, 0.2) is 21.7 Å². The number of carboxylic acids is 1. The number of nitrogens with zero attached hydrogens (tertiary/aromatic N) is 4. The summed E-state index contributed by atoms with van der Waals surface area (Å²) >= 11 is 2.90. The highest BCUT2D eigenvalue weighted by molar-refractivity contribution is 9.10. The first kappa shape index (κ1) is 12.0. The molecule has 1 aromatic rings. The lowest BCUT2D eigenvalue weighted by atomic mass is 10.2. The van der Waals surface area contributed by atoms with Crippen molar-refractivity contribution in [2.75, 3.05) is 0 Å². The molecule has 0 saturated heterocycles. The normalized spacial score (nSPS) is 9.31. The predicted molar refractivity (Wildman–Crippen MR) is 56.6 cm³/mol. The van der Waals surface area contributed by atoms with Crippen LogP contribution in [0.3, 0.4) is 0 Å². The maximum atomic E-state index is 10.7. The van der Waals surface area contributed by atoms with Gasteiger partial charge < -0.3 is 5.11 Å². The molecule has 0 aliphatic carbocycles. The van der Waals surface area contributed by atoms with Gasteiger partial charge in [-0.05, 0) is 11.6 Å². The predicted octanol–water partition coefficient (Wildman–Crippen LogP) is 3.00. The Kier molecular flexibility index (Phi) is 3.44. The smallest absolute Gasteiger partial charge is 0.335 e. The van der Waals surface area contributed by atoms with Gasteiger partial charge in [0.1, 0.15) is 5.69 Å². The summed E-state index contributed by atoms with van der Waals surface area (Å²) in [5.74, 6) is -1.31. The van der Waals surface area contributed by atoms with Gasteiger partial charge >= 0.3 is 5.97 Å². The van der Waals surface area contributed by atoms with Gasteiger partial charge in [-0.1, -0.05) is 21.0 Å². The van der Waals surface area contributed by atoms with Gasteiger partial charge in [-0.3, -0.25) is 10.1 Å². The molecular weight excluding hydrogens is 284 g/mol. The van der Waals surface area contributed by atoms with Crippen LogP contribution in [-0.4, -0.2) is 16.0 Å². The van der Waals surface area contributed by atoms with Gasteiger partial charge in [0, 0.05) is 15.5 Å². The highest BCUT2D eigenvalue weighted by Gasteiger charge is 2.19. The zero-order valence-electron chi connectivity index (χ0n) is 7.49. The zero-order valence-corrected chi connectivity index (χ0v) is 9.08. The van der Waals surface area contributed by atoms with Gasteiger partial charge in [-0.25, -0.2) is 4.79 Å². The average molecular weight is 287 g/mol. The molecule has 0 aliphatic heterocycles. The molecule has 1 aromatic carbocycles. The third-order valence-corrected chi connectivity index (χ3v) is 2.24. The molecule has 0 atom stereocenters. The van der Waals surface area contributed by atoms with E-state index >= 15 is 0 Å². The Morgan fingerprint density at radius 3 is 2.69 bits per heavy atom. The Labute approximate surface area is 96.4 Å². The number of hydrogen-bond acceptors (Lipinski definition) is 4. The molecule has 1 rings (SSSR count). The van der Waals surface area contributed by atoms with E-state index < -0.39 is 16.6 Å². The van der Waals surface area contributed by atoms with E-state index in [0.717, 1.165) is 12.1 Å². The highest BCUT2D eigenvalue weighted by atomic mass is 79.9. The SMILES string of the molecule is [N-]=[N+]=Nc1c(Br)cc(C(=O)O)cc1[N+](=O)[O-]. The zero-order chi connectivity index (χ0) is 12.3. The minimum atomic E-state index is -1.31. The van der Waals surface area contributed by atoms with Crippen LogP contribution in [0.1, 0.15) is 10.4 Å². The number of halogens is 1. The van der Waals surface area contributed by atoms with E-state index in [1.807, 2.05) is 0 Å². The first-order valence-corrected chi connectivity index (χ1v) is 4.53. The first-order chi connectivity index (χ1) is 7.47.